The molecule has 0 spiro atoms. The average molecular weight is 203 g/mol. The van der Waals surface area contributed by atoms with Crippen LogP contribution in [0.5, 0.6) is 17.5 Å². The molecule has 0 saturated heterocycles. The number of aromatic amines is 1. The first-order valence-electron chi connectivity index (χ1n) is 4.62. The lowest BCUT2D eigenvalue weighted by Gasteiger charge is -2.17. The van der Waals surface area contributed by atoms with E-state index in [1.807, 2.05) is 24.3 Å². The maximum Gasteiger partial charge on any atom is 0.199 e. The molecule has 0 atom stereocenters. The molecule has 1 aliphatic rings. The molecule has 0 amide bonds. The van der Waals surface area contributed by atoms with Crippen molar-refractivity contribution in [1.82, 2.24) is 4.98 Å². The lowest BCUT2D eigenvalue weighted by atomic mass is 10.0. The van der Waals surface area contributed by atoms with E-state index in [2.05, 4.69) is 4.98 Å². The van der Waals surface area contributed by atoms with Crippen molar-refractivity contribution in [2.45, 2.75) is 6.61 Å². The Kier molecular flexibility index (Phi) is 1.48. The molecule has 4 nitrogen and oxygen atoms in total. The number of hydrogen-bond donors (Lipinski definition) is 3. The van der Waals surface area contributed by atoms with E-state index in [1.165, 1.54) is 0 Å². The third-order valence-corrected chi connectivity index (χ3v) is 2.59. The Morgan fingerprint density at radius 3 is 2.80 bits per heavy atom. The van der Waals surface area contributed by atoms with Gasteiger partial charge in [0.05, 0.1) is 11.1 Å². The first-order chi connectivity index (χ1) is 7.27. The number of H-pyrrole nitrogens is 1. The number of benzene rings is 1. The summed E-state index contributed by atoms with van der Waals surface area (Å²) in [4.78, 5) is 2.49. The quantitative estimate of drug-likeness (QED) is 0.613. The summed E-state index contributed by atoms with van der Waals surface area (Å²) in [7, 11) is 0. The Morgan fingerprint density at radius 1 is 1.13 bits per heavy atom. The lowest BCUT2D eigenvalue weighted by Crippen LogP contribution is -2.03. The zero-order valence-corrected chi connectivity index (χ0v) is 7.82. The lowest BCUT2D eigenvalue weighted by molar-refractivity contribution is 0.295. The number of rotatable bonds is 0. The minimum Gasteiger partial charge on any atom is -0.494 e. The molecule has 1 aliphatic heterocycles. The van der Waals surface area contributed by atoms with Gasteiger partial charge in [-0.1, -0.05) is 18.2 Å². The first-order valence-corrected chi connectivity index (χ1v) is 4.62. The maximum absolute atomic E-state index is 9.65. The Labute approximate surface area is 85.8 Å². The van der Waals surface area contributed by atoms with Crippen molar-refractivity contribution in [2.24, 2.45) is 0 Å². The van der Waals surface area contributed by atoms with Crippen LogP contribution in [-0.2, 0) is 6.61 Å². The van der Waals surface area contributed by atoms with Gasteiger partial charge < -0.3 is 14.9 Å². The van der Waals surface area contributed by atoms with Gasteiger partial charge in [-0.25, -0.2) is 0 Å². The molecule has 0 fully saturated rings. The SMILES string of the molecule is Oc1[nH]c(O)c2c1COc1ccccc1-2. The molecule has 2 heterocycles. The molecule has 1 aromatic heterocycles. The summed E-state index contributed by atoms with van der Waals surface area (Å²) in [5.74, 6) is 0.676. The molecule has 2 aromatic rings. The highest BCUT2D eigenvalue weighted by molar-refractivity contribution is 5.80. The molecule has 0 unspecified atom stereocenters. The zero-order valence-electron chi connectivity index (χ0n) is 7.82. The van der Waals surface area contributed by atoms with Gasteiger partial charge in [-0.2, -0.15) is 0 Å². The molecule has 0 radical (unpaired) electrons. The first kappa shape index (κ1) is 8.23. The van der Waals surface area contributed by atoms with E-state index in [0.29, 0.717) is 11.1 Å². The van der Waals surface area contributed by atoms with Crippen molar-refractivity contribution in [3.8, 4) is 28.6 Å². The van der Waals surface area contributed by atoms with Gasteiger partial charge in [0.25, 0.3) is 0 Å². The summed E-state index contributed by atoms with van der Waals surface area (Å²) in [6.07, 6.45) is 0. The predicted octanol–water partition coefficient (Wildman–Crippen LogP) is 1.99. The monoisotopic (exact) mass is 203 g/mol. The molecule has 3 N–H and O–H groups in total. The molecular formula is C11H9NO3. The highest BCUT2D eigenvalue weighted by Crippen LogP contribution is 2.45. The van der Waals surface area contributed by atoms with Gasteiger partial charge in [0, 0.05) is 5.56 Å². The van der Waals surface area contributed by atoms with E-state index in [0.717, 1.165) is 11.3 Å². The van der Waals surface area contributed by atoms with Crippen LogP contribution in [0.1, 0.15) is 5.56 Å². The van der Waals surface area contributed by atoms with Gasteiger partial charge in [-0.05, 0) is 6.07 Å². The average Bonchev–Trinajstić information content (AvgIpc) is 2.55. The minimum atomic E-state index is -0.0306. The van der Waals surface area contributed by atoms with Crippen molar-refractivity contribution in [1.29, 1.82) is 0 Å². The Hall–Kier alpha value is -2.10. The van der Waals surface area contributed by atoms with Crippen LogP contribution in [-0.4, -0.2) is 15.2 Å². The van der Waals surface area contributed by atoms with Crippen LogP contribution in [0, 0.1) is 0 Å². The van der Waals surface area contributed by atoms with Gasteiger partial charge in [0.1, 0.15) is 12.4 Å². The van der Waals surface area contributed by atoms with E-state index in [1.54, 1.807) is 0 Å². The van der Waals surface area contributed by atoms with E-state index < -0.39 is 0 Å². The molecule has 76 valence electrons. The van der Waals surface area contributed by atoms with Crippen LogP contribution in [0.4, 0.5) is 0 Å². The molecule has 0 bridgehead atoms. The van der Waals surface area contributed by atoms with Gasteiger partial charge in [0.2, 0.25) is 0 Å². The largest absolute Gasteiger partial charge is 0.494 e. The summed E-state index contributed by atoms with van der Waals surface area (Å²) in [6, 6.07) is 7.41. The second-order valence-corrected chi connectivity index (χ2v) is 3.46. The van der Waals surface area contributed by atoms with Crippen molar-refractivity contribution >= 4 is 0 Å². The fourth-order valence-corrected chi connectivity index (χ4v) is 1.89. The van der Waals surface area contributed by atoms with Crippen LogP contribution >= 0.6 is 0 Å². The fourth-order valence-electron chi connectivity index (χ4n) is 1.89. The van der Waals surface area contributed by atoms with Crippen molar-refractivity contribution in [2.75, 3.05) is 0 Å². The van der Waals surface area contributed by atoms with Crippen LogP contribution in [0.3, 0.4) is 0 Å². The topological polar surface area (TPSA) is 65.5 Å². The van der Waals surface area contributed by atoms with Gasteiger partial charge in [-0.3, -0.25) is 4.98 Å². The van der Waals surface area contributed by atoms with E-state index in [4.69, 9.17) is 4.74 Å². The highest BCUT2D eigenvalue weighted by Gasteiger charge is 2.25. The normalized spacial score (nSPS) is 12.8. The Balaban J connectivity index is 2.33. The number of aromatic nitrogens is 1. The molecule has 15 heavy (non-hydrogen) atoms. The molecular weight excluding hydrogens is 194 g/mol. The number of fused-ring (bicyclic) bond motifs is 3. The molecule has 1 aromatic carbocycles. The number of ether oxygens (including phenoxy) is 1. The van der Waals surface area contributed by atoms with Crippen molar-refractivity contribution in [3.05, 3.63) is 29.8 Å². The predicted molar refractivity (Wildman–Crippen MR) is 53.9 cm³/mol. The smallest absolute Gasteiger partial charge is 0.199 e. The standard InChI is InChI=1S/C11H9NO3/c13-10-7-5-15-8-4-2-1-3-6(8)9(7)11(14)12-10/h1-4,12-14H,5H2. The molecule has 4 heteroatoms. The zero-order chi connectivity index (χ0) is 10.4. The summed E-state index contributed by atoms with van der Waals surface area (Å²) in [5.41, 5.74) is 2.04. The summed E-state index contributed by atoms with van der Waals surface area (Å²) < 4.78 is 5.45. The Morgan fingerprint density at radius 2 is 1.93 bits per heavy atom. The Bertz CT molecular complexity index is 531. The van der Waals surface area contributed by atoms with Gasteiger partial charge >= 0.3 is 0 Å². The van der Waals surface area contributed by atoms with E-state index in [9.17, 15) is 10.2 Å². The maximum atomic E-state index is 9.65. The second kappa shape index (κ2) is 2.70. The van der Waals surface area contributed by atoms with Crippen molar-refractivity contribution < 1.29 is 14.9 Å². The van der Waals surface area contributed by atoms with Crippen LogP contribution in [0.2, 0.25) is 0 Å². The summed E-state index contributed by atoms with van der Waals surface area (Å²) in [6.45, 7) is 0.273. The fraction of sp³-hybridized carbons (Fsp3) is 0.0909. The highest BCUT2D eigenvalue weighted by atomic mass is 16.5. The summed E-state index contributed by atoms with van der Waals surface area (Å²) in [5, 5.41) is 19.2. The number of para-hydroxylation sites is 1. The van der Waals surface area contributed by atoms with Crippen LogP contribution in [0.15, 0.2) is 24.3 Å². The molecule has 3 rings (SSSR count). The van der Waals surface area contributed by atoms with Crippen molar-refractivity contribution in [3.63, 3.8) is 0 Å². The summed E-state index contributed by atoms with van der Waals surface area (Å²) >= 11 is 0. The van der Waals surface area contributed by atoms with Gasteiger partial charge in [-0.15, -0.1) is 0 Å². The minimum absolute atomic E-state index is 0.0155. The second-order valence-electron chi connectivity index (χ2n) is 3.46. The van der Waals surface area contributed by atoms with E-state index in [-0.39, 0.29) is 18.4 Å². The third kappa shape index (κ3) is 1.01. The van der Waals surface area contributed by atoms with Crippen LogP contribution < -0.4 is 4.74 Å². The molecule has 0 aliphatic carbocycles. The van der Waals surface area contributed by atoms with Gasteiger partial charge in [0.15, 0.2) is 11.8 Å². The van der Waals surface area contributed by atoms with Crippen LogP contribution in [0.25, 0.3) is 11.1 Å². The van der Waals surface area contributed by atoms with E-state index >= 15 is 0 Å². The number of aromatic hydroxyl groups is 2. The number of nitrogens with one attached hydrogen (secondary N) is 1. The molecule has 0 saturated carbocycles. The number of hydrogen-bond acceptors (Lipinski definition) is 3. The third-order valence-electron chi connectivity index (χ3n) is 2.59.